The second kappa shape index (κ2) is 7.04. The van der Waals surface area contributed by atoms with Crippen molar-refractivity contribution in [2.45, 2.75) is 47.0 Å². The van der Waals surface area contributed by atoms with Crippen molar-refractivity contribution < 1.29 is 4.39 Å². The number of halogens is 1. The zero-order chi connectivity index (χ0) is 14.4. The Morgan fingerprint density at radius 1 is 1.53 bits per heavy atom. The predicted octanol–water partition coefficient (Wildman–Crippen LogP) is 3.26. The molecule has 0 fully saturated rings. The van der Waals surface area contributed by atoms with Gasteiger partial charge in [0.2, 0.25) is 0 Å². The molecule has 0 aromatic heterocycles. The van der Waals surface area contributed by atoms with Gasteiger partial charge >= 0.3 is 0 Å². The van der Waals surface area contributed by atoms with Crippen LogP contribution in [0.2, 0.25) is 0 Å². The van der Waals surface area contributed by atoms with E-state index in [0.29, 0.717) is 5.70 Å². The van der Waals surface area contributed by atoms with Crippen LogP contribution in [0, 0.1) is 17.8 Å². The molecular formula is C16H23FN2. The van der Waals surface area contributed by atoms with E-state index in [1.807, 2.05) is 45.9 Å². The Morgan fingerprint density at radius 3 is 2.79 bits per heavy atom. The summed E-state index contributed by atoms with van der Waals surface area (Å²) < 4.78 is 14.2. The highest BCUT2D eigenvalue weighted by Gasteiger charge is 2.24. The summed E-state index contributed by atoms with van der Waals surface area (Å²) in [4.78, 5) is 0. The van der Waals surface area contributed by atoms with Crippen molar-refractivity contribution >= 4 is 0 Å². The molecule has 2 N–H and O–H groups in total. The number of nitrogens with one attached hydrogen (secondary N) is 2. The SMILES string of the molecule is CC#C[C@H](NC1=CC(C)=C[C@@H](C)[C@H]1F)N/C(C)=C\C. The van der Waals surface area contributed by atoms with Gasteiger partial charge in [0.05, 0.1) is 0 Å². The highest BCUT2D eigenvalue weighted by atomic mass is 19.1. The molecule has 1 aliphatic carbocycles. The molecule has 0 aromatic rings. The van der Waals surface area contributed by atoms with Crippen molar-refractivity contribution in [2.24, 2.45) is 5.92 Å². The van der Waals surface area contributed by atoms with Crippen LogP contribution in [0.1, 0.15) is 34.6 Å². The van der Waals surface area contributed by atoms with Gasteiger partial charge in [0.1, 0.15) is 6.17 Å². The fourth-order valence-corrected chi connectivity index (χ4v) is 2.01. The highest BCUT2D eigenvalue weighted by Crippen LogP contribution is 2.24. The molecule has 0 saturated carbocycles. The molecule has 1 aliphatic rings. The summed E-state index contributed by atoms with van der Waals surface area (Å²) in [5.41, 5.74) is 2.68. The average Bonchev–Trinajstić information content (AvgIpc) is 2.35. The lowest BCUT2D eigenvalue weighted by Crippen LogP contribution is -2.43. The van der Waals surface area contributed by atoms with Crippen molar-refractivity contribution in [3.05, 3.63) is 35.2 Å². The van der Waals surface area contributed by atoms with Crippen LogP contribution < -0.4 is 10.6 Å². The summed E-state index contributed by atoms with van der Waals surface area (Å²) in [6, 6.07) is 0. The van der Waals surface area contributed by atoms with E-state index in [4.69, 9.17) is 0 Å². The van der Waals surface area contributed by atoms with Gasteiger partial charge in [0.25, 0.3) is 0 Å². The molecule has 1 rings (SSSR count). The molecule has 0 heterocycles. The van der Waals surface area contributed by atoms with Crippen LogP contribution in [0.3, 0.4) is 0 Å². The Bertz CT molecular complexity index is 463. The van der Waals surface area contributed by atoms with E-state index in [1.165, 1.54) is 0 Å². The van der Waals surface area contributed by atoms with Crippen molar-refractivity contribution in [3.63, 3.8) is 0 Å². The Balaban J connectivity index is 2.83. The Hall–Kier alpha value is -1.69. The smallest absolute Gasteiger partial charge is 0.160 e. The molecule has 0 aliphatic heterocycles. The number of rotatable bonds is 4. The Labute approximate surface area is 115 Å². The van der Waals surface area contributed by atoms with Gasteiger partial charge in [-0.3, -0.25) is 0 Å². The average molecular weight is 262 g/mol. The van der Waals surface area contributed by atoms with E-state index >= 15 is 0 Å². The molecule has 0 unspecified atom stereocenters. The maximum absolute atomic E-state index is 14.2. The normalized spacial score (nSPS) is 24.6. The quantitative estimate of drug-likeness (QED) is 0.600. The monoisotopic (exact) mass is 262 g/mol. The first-order valence-electron chi connectivity index (χ1n) is 6.60. The van der Waals surface area contributed by atoms with Crippen LogP contribution in [0.5, 0.6) is 0 Å². The maximum Gasteiger partial charge on any atom is 0.160 e. The van der Waals surface area contributed by atoms with E-state index in [9.17, 15) is 4.39 Å². The third-order valence-electron chi connectivity index (χ3n) is 3.07. The standard InChI is InChI=1S/C16H23FN2/c1-6-8-15(18-13(5)7-2)19-14-10-11(3)9-12(4)16(14)17/h7,9-10,12,15-16,18-19H,1-5H3/b13-7-/t12-,15+,16-/m1/s1. The summed E-state index contributed by atoms with van der Waals surface area (Å²) in [5.74, 6) is 5.76. The number of hydrogen-bond donors (Lipinski definition) is 2. The number of allylic oxidation sites excluding steroid dienone is 6. The minimum atomic E-state index is -1.00. The maximum atomic E-state index is 14.2. The molecule has 0 amide bonds. The molecule has 104 valence electrons. The fourth-order valence-electron chi connectivity index (χ4n) is 2.01. The van der Waals surface area contributed by atoms with Crippen LogP contribution in [0.25, 0.3) is 0 Å². The summed E-state index contributed by atoms with van der Waals surface area (Å²) in [6.45, 7) is 9.55. The van der Waals surface area contributed by atoms with Gasteiger partial charge in [-0.15, -0.1) is 5.92 Å². The minimum Gasteiger partial charge on any atom is -0.359 e. The summed E-state index contributed by atoms with van der Waals surface area (Å²) in [7, 11) is 0. The van der Waals surface area contributed by atoms with Crippen molar-refractivity contribution in [2.75, 3.05) is 0 Å². The zero-order valence-electron chi connectivity index (χ0n) is 12.3. The third-order valence-corrected chi connectivity index (χ3v) is 3.07. The molecular weight excluding hydrogens is 239 g/mol. The lowest BCUT2D eigenvalue weighted by atomic mass is 9.94. The Kier molecular flexibility index (Phi) is 5.69. The van der Waals surface area contributed by atoms with Crippen LogP contribution in [-0.2, 0) is 0 Å². The third kappa shape index (κ3) is 4.48. The summed E-state index contributed by atoms with van der Waals surface area (Å²) >= 11 is 0. The van der Waals surface area contributed by atoms with Crippen molar-refractivity contribution in [3.8, 4) is 11.8 Å². The molecule has 3 atom stereocenters. The first kappa shape index (κ1) is 15.4. The first-order chi connectivity index (χ1) is 8.97. The van der Waals surface area contributed by atoms with Gasteiger partial charge in [0.15, 0.2) is 6.17 Å². The largest absolute Gasteiger partial charge is 0.359 e. The van der Waals surface area contributed by atoms with Gasteiger partial charge in [-0.2, -0.15) is 0 Å². The van der Waals surface area contributed by atoms with Gasteiger partial charge in [0, 0.05) is 17.3 Å². The van der Waals surface area contributed by atoms with E-state index in [2.05, 4.69) is 22.5 Å². The molecule has 3 heteroatoms. The highest BCUT2D eigenvalue weighted by molar-refractivity contribution is 5.31. The topological polar surface area (TPSA) is 24.1 Å². The summed E-state index contributed by atoms with van der Waals surface area (Å²) in [6.07, 6.45) is 4.48. The molecule has 19 heavy (non-hydrogen) atoms. The van der Waals surface area contributed by atoms with Crippen LogP contribution >= 0.6 is 0 Å². The number of hydrogen-bond acceptors (Lipinski definition) is 2. The zero-order valence-corrected chi connectivity index (χ0v) is 12.3. The molecule has 2 nitrogen and oxygen atoms in total. The second-order valence-corrected chi connectivity index (χ2v) is 4.86. The molecule has 0 saturated heterocycles. The fraction of sp³-hybridized carbons (Fsp3) is 0.500. The minimum absolute atomic E-state index is 0.106. The lowest BCUT2D eigenvalue weighted by molar-refractivity contribution is 0.296. The van der Waals surface area contributed by atoms with Gasteiger partial charge < -0.3 is 10.6 Å². The molecule has 0 bridgehead atoms. The first-order valence-corrected chi connectivity index (χ1v) is 6.60. The summed E-state index contributed by atoms with van der Waals surface area (Å²) in [5, 5.41) is 6.37. The van der Waals surface area contributed by atoms with Crippen molar-refractivity contribution in [1.82, 2.24) is 10.6 Å². The van der Waals surface area contributed by atoms with Gasteiger partial charge in [-0.1, -0.05) is 30.6 Å². The Morgan fingerprint density at radius 2 is 2.21 bits per heavy atom. The lowest BCUT2D eigenvalue weighted by Gasteiger charge is -2.26. The van der Waals surface area contributed by atoms with E-state index in [-0.39, 0.29) is 12.1 Å². The molecule has 0 aromatic carbocycles. The van der Waals surface area contributed by atoms with Crippen molar-refractivity contribution in [1.29, 1.82) is 0 Å². The van der Waals surface area contributed by atoms with Gasteiger partial charge in [-0.25, -0.2) is 4.39 Å². The van der Waals surface area contributed by atoms with E-state index in [0.717, 1.165) is 11.3 Å². The van der Waals surface area contributed by atoms with Crippen LogP contribution in [-0.4, -0.2) is 12.3 Å². The number of alkyl halides is 1. The molecule has 0 spiro atoms. The van der Waals surface area contributed by atoms with Crippen LogP contribution in [0.4, 0.5) is 4.39 Å². The van der Waals surface area contributed by atoms with Gasteiger partial charge in [-0.05, 0) is 33.8 Å². The molecule has 0 radical (unpaired) electrons. The van der Waals surface area contributed by atoms with Crippen LogP contribution in [0.15, 0.2) is 35.2 Å². The van der Waals surface area contributed by atoms with E-state index in [1.54, 1.807) is 6.92 Å². The predicted molar refractivity (Wildman–Crippen MR) is 78.8 cm³/mol. The second-order valence-electron chi connectivity index (χ2n) is 4.86. The van der Waals surface area contributed by atoms with E-state index < -0.39 is 6.17 Å².